The SMILES string of the molecule is N#C/C(C(N)=O)=C1/SC=C(c2ccc(-c3ccc([N+](=O)[O-])cc3Cl)o2)N1c1ccccc1. The Morgan fingerprint density at radius 3 is 2.50 bits per heavy atom. The molecule has 2 aromatic carbocycles. The number of non-ortho nitro benzene ring substituents is 1. The molecule has 0 aliphatic carbocycles. The van der Waals surface area contributed by atoms with Crippen LogP contribution in [0, 0.1) is 21.4 Å². The molecule has 2 N–H and O–H groups in total. The summed E-state index contributed by atoms with van der Waals surface area (Å²) in [7, 11) is 0. The van der Waals surface area contributed by atoms with Crippen molar-refractivity contribution in [3.63, 3.8) is 0 Å². The van der Waals surface area contributed by atoms with Crippen LogP contribution >= 0.6 is 23.4 Å². The Morgan fingerprint density at radius 1 is 1.16 bits per heavy atom. The summed E-state index contributed by atoms with van der Waals surface area (Å²) in [5.74, 6) is 0.0255. The third-order valence-corrected chi connectivity index (χ3v) is 5.86. The van der Waals surface area contributed by atoms with E-state index in [1.165, 1.54) is 30.0 Å². The molecule has 10 heteroatoms. The van der Waals surface area contributed by atoms with Gasteiger partial charge >= 0.3 is 0 Å². The summed E-state index contributed by atoms with van der Waals surface area (Å²) in [4.78, 5) is 24.0. The van der Waals surface area contributed by atoms with Gasteiger partial charge < -0.3 is 10.2 Å². The summed E-state index contributed by atoms with van der Waals surface area (Å²) in [6.07, 6.45) is 0. The minimum atomic E-state index is -0.830. The molecular weight excluding hydrogens is 452 g/mol. The molecule has 32 heavy (non-hydrogen) atoms. The summed E-state index contributed by atoms with van der Waals surface area (Å²) in [5.41, 5.74) is 6.91. The van der Waals surface area contributed by atoms with E-state index < -0.39 is 10.8 Å². The lowest BCUT2D eigenvalue weighted by atomic mass is 10.1. The van der Waals surface area contributed by atoms with E-state index in [2.05, 4.69) is 0 Å². The number of rotatable bonds is 5. The van der Waals surface area contributed by atoms with Crippen molar-refractivity contribution in [3.05, 3.63) is 97.6 Å². The minimum absolute atomic E-state index is 0.124. The van der Waals surface area contributed by atoms with Crippen LogP contribution in [0.4, 0.5) is 11.4 Å². The Hall–Kier alpha value is -4.00. The monoisotopic (exact) mass is 464 g/mol. The number of nitrogens with two attached hydrogens (primary N) is 1. The standard InChI is InChI=1S/C22H13ClN4O4S/c23-17-10-14(27(29)30)6-7-15(17)19-8-9-20(31-19)18-12-32-22(16(11-24)21(25)28)26(18)13-4-2-1-3-5-13/h1-10,12H,(H2,25,28)/b22-16-. The number of amides is 1. The number of carbonyl (C=O) groups excluding carboxylic acids is 1. The maximum Gasteiger partial charge on any atom is 0.270 e. The summed E-state index contributed by atoms with van der Waals surface area (Å²) >= 11 is 7.41. The van der Waals surface area contributed by atoms with Crippen molar-refractivity contribution in [2.75, 3.05) is 4.90 Å². The first kappa shape index (κ1) is 21.2. The number of primary amides is 1. The number of nitriles is 1. The quantitative estimate of drug-likeness (QED) is 0.235. The lowest BCUT2D eigenvalue weighted by molar-refractivity contribution is -0.384. The number of nitrogens with zero attached hydrogens (tertiary/aromatic N) is 3. The van der Waals surface area contributed by atoms with E-state index in [0.717, 1.165) is 0 Å². The third kappa shape index (κ3) is 3.85. The van der Waals surface area contributed by atoms with Crippen molar-refractivity contribution < 1.29 is 14.1 Å². The third-order valence-electron chi connectivity index (χ3n) is 4.60. The van der Waals surface area contributed by atoms with Crippen LogP contribution in [-0.4, -0.2) is 10.8 Å². The Kier molecular flexibility index (Phi) is 5.73. The molecule has 0 spiro atoms. The number of para-hydroxylation sites is 1. The van der Waals surface area contributed by atoms with Gasteiger partial charge in [-0.3, -0.25) is 19.8 Å². The highest BCUT2D eigenvalue weighted by Gasteiger charge is 2.31. The molecular formula is C22H13ClN4O4S. The summed E-state index contributed by atoms with van der Waals surface area (Å²) < 4.78 is 6.01. The predicted octanol–water partition coefficient (Wildman–Crippen LogP) is 5.28. The smallest absolute Gasteiger partial charge is 0.270 e. The van der Waals surface area contributed by atoms with Crippen molar-refractivity contribution in [2.24, 2.45) is 5.73 Å². The fourth-order valence-electron chi connectivity index (χ4n) is 3.14. The average Bonchev–Trinajstić information content (AvgIpc) is 3.42. The fraction of sp³-hybridized carbons (Fsp3) is 0. The second-order valence-electron chi connectivity index (χ2n) is 6.53. The summed E-state index contributed by atoms with van der Waals surface area (Å²) in [6.45, 7) is 0. The van der Waals surface area contributed by atoms with E-state index in [9.17, 15) is 20.2 Å². The van der Waals surface area contributed by atoms with Crippen LogP contribution in [0.2, 0.25) is 5.02 Å². The second-order valence-corrected chi connectivity index (χ2v) is 7.80. The van der Waals surface area contributed by atoms with Crippen LogP contribution in [0.1, 0.15) is 5.76 Å². The number of hydrogen-bond donors (Lipinski definition) is 1. The van der Waals surface area contributed by atoms with Crippen LogP contribution in [0.15, 0.2) is 81.1 Å². The average molecular weight is 465 g/mol. The highest BCUT2D eigenvalue weighted by molar-refractivity contribution is 8.06. The molecule has 1 aromatic heterocycles. The van der Waals surface area contributed by atoms with Gasteiger partial charge in [0, 0.05) is 28.8 Å². The molecule has 8 nitrogen and oxygen atoms in total. The van der Waals surface area contributed by atoms with Crippen LogP contribution in [0.5, 0.6) is 0 Å². The van der Waals surface area contributed by atoms with E-state index in [1.54, 1.807) is 22.4 Å². The van der Waals surface area contributed by atoms with Crippen LogP contribution in [0.3, 0.4) is 0 Å². The number of hydrogen-bond acceptors (Lipinski definition) is 7. The fourth-order valence-corrected chi connectivity index (χ4v) is 4.43. The molecule has 1 aliphatic heterocycles. The van der Waals surface area contributed by atoms with E-state index in [1.807, 2.05) is 36.4 Å². The zero-order valence-electron chi connectivity index (χ0n) is 16.2. The molecule has 0 bridgehead atoms. The van der Waals surface area contributed by atoms with Crippen LogP contribution < -0.4 is 10.6 Å². The molecule has 0 saturated heterocycles. The Labute approximate surface area is 191 Å². The number of furan rings is 1. The molecule has 0 unspecified atom stereocenters. The highest BCUT2D eigenvalue weighted by atomic mass is 35.5. The van der Waals surface area contributed by atoms with Crippen molar-refractivity contribution in [1.29, 1.82) is 5.26 Å². The largest absolute Gasteiger partial charge is 0.454 e. The molecule has 158 valence electrons. The van der Waals surface area contributed by atoms with E-state index in [-0.39, 0.29) is 16.3 Å². The molecule has 0 radical (unpaired) electrons. The lowest BCUT2D eigenvalue weighted by Crippen LogP contribution is -2.22. The van der Waals surface area contributed by atoms with Gasteiger partial charge in [0.05, 0.1) is 15.6 Å². The van der Waals surface area contributed by atoms with Gasteiger partial charge in [0.25, 0.3) is 11.6 Å². The number of halogens is 1. The Morgan fingerprint density at radius 2 is 1.88 bits per heavy atom. The number of carbonyl (C=O) groups is 1. The number of benzene rings is 2. The number of nitro groups is 1. The minimum Gasteiger partial charge on any atom is -0.454 e. The van der Waals surface area contributed by atoms with E-state index in [4.69, 9.17) is 21.8 Å². The molecule has 1 aliphatic rings. The molecule has 0 atom stereocenters. The Bertz CT molecular complexity index is 1340. The van der Waals surface area contributed by atoms with Gasteiger partial charge in [-0.2, -0.15) is 5.26 Å². The predicted molar refractivity (Wildman–Crippen MR) is 122 cm³/mol. The van der Waals surface area contributed by atoms with Gasteiger partial charge in [0.15, 0.2) is 5.76 Å². The van der Waals surface area contributed by atoms with Gasteiger partial charge in [0.1, 0.15) is 22.4 Å². The maximum absolute atomic E-state index is 11.8. The summed E-state index contributed by atoms with van der Waals surface area (Å²) in [6, 6.07) is 18.6. The van der Waals surface area contributed by atoms with Gasteiger partial charge in [-0.05, 0) is 30.3 Å². The zero-order chi connectivity index (χ0) is 22.8. The first-order valence-electron chi connectivity index (χ1n) is 9.11. The summed E-state index contributed by atoms with van der Waals surface area (Å²) in [5, 5.41) is 22.7. The van der Waals surface area contributed by atoms with Gasteiger partial charge in [-0.1, -0.05) is 41.6 Å². The van der Waals surface area contributed by atoms with E-state index in [0.29, 0.717) is 33.5 Å². The topological polar surface area (TPSA) is 126 Å². The van der Waals surface area contributed by atoms with Crippen molar-refractivity contribution in [1.82, 2.24) is 0 Å². The first-order valence-corrected chi connectivity index (χ1v) is 10.4. The van der Waals surface area contributed by atoms with Gasteiger partial charge in [-0.25, -0.2) is 0 Å². The first-order chi connectivity index (χ1) is 15.4. The molecule has 2 heterocycles. The zero-order valence-corrected chi connectivity index (χ0v) is 17.8. The van der Waals surface area contributed by atoms with E-state index >= 15 is 0 Å². The molecule has 4 rings (SSSR count). The molecule has 0 saturated carbocycles. The second kappa shape index (κ2) is 8.63. The molecule has 3 aromatic rings. The number of anilines is 1. The molecule has 0 fully saturated rings. The number of nitro benzene ring substituents is 1. The van der Waals surface area contributed by atoms with Crippen molar-refractivity contribution >= 4 is 46.3 Å². The maximum atomic E-state index is 11.8. The highest BCUT2D eigenvalue weighted by Crippen LogP contribution is 2.45. The normalized spacial score (nSPS) is 14.6. The van der Waals surface area contributed by atoms with Crippen molar-refractivity contribution in [2.45, 2.75) is 0 Å². The van der Waals surface area contributed by atoms with Crippen LogP contribution in [-0.2, 0) is 4.79 Å². The van der Waals surface area contributed by atoms with Crippen molar-refractivity contribution in [3.8, 4) is 17.4 Å². The van der Waals surface area contributed by atoms with Crippen LogP contribution in [0.25, 0.3) is 17.0 Å². The lowest BCUT2D eigenvalue weighted by Gasteiger charge is -2.23. The van der Waals surface area contributed by atoms with Gasteiger partial charge in [-0.15, -0.1) is 0 Å². The number of thioether (sulfide) groups is 1. The van der Waals surface area contributed by atoms with Gasteiger partial charge in [0.2, 0.25) is 0 Å². The molecule has 1 amide bonds. The Balaban J connectivity index is 1.77.